The second-order valence-corrected chi connectivity index (χ2v) is 4.56. The second kappa shape index (κ2) is 2.98. The van der Waals surface area contributed by atoms with Gasteiger partial charge in [-0.15, -0.1) is 0 Å². The van der Waals surface area contributed by atoms with Crippen molar-refractivity contribution in [3.63, 3.8) is 0 Å². The first-order valence-corrected chi connectivity index (χ1v) is 5.10. The largest absolute Gasteiger partial charge is 0.481 e. The van der Waals surface area contributed by atoms with Gasteiger partial charge in [0.05, 0.1) is 5.92 Å². The number of carboxylic acids is 1. The Morgan fingerprint density at radius 1 is 1.62 bits per heavy atom. The van der Waals surface area contributed by atoms with Crippen LogP contribution in [0.1, 0.15) is 26.2 Å². The summed E-state index contributed by atoms with van der Waals surface area (Å²) >= 11 is 0. The first-order valence-electron chi connectivity index (χ1n) is 5.10. The number of aliphatic carboxylic acids is 1. The Kier molecular flexibility index (Phi) is 2.06. The minimum absolute atomic E-state index is 0.0446. The van der Waals surface area contributed by atoms with Crippen LogP contribution in [0.5, 0.6) is 0 Å². The summed E-state index contributed by atoms with van der Waals surface area (Å²) in [6, 6.07) is 0. The maximum absolute atomic E-state index is 10.7. The molecule has 0 aromatic heterocycles. The number of carboxylic acid groups (broad SMARTS) is 1. The molecule has 3 heteroatoms. The quantitative estimate of drug-likeness (QED) is 0.699. The van der Waals surface area contributed by atoms with Gasteiger partial charge in [0.1, 0.15) is 0 Å². The molecule has 1 N–H and O–H groups in total. The summed E-state index contributed by atoms with van der Waals surface area (Å²) in [7, 11) is 0. The topological polar surface area (TPSA) is 40.5 Å². The van der Waals surface area contributed by atoms with Gasteiger partial charge in [0.15, 0.2) is 0 Å². The summed E-state index contributed by atoms with van der Waals surface area (Å²) < 4.78 is 0. The summed E-state index contributed by atoms with van der Waals surface area (Å²) in [6.45, 7) is 5.59. The van der Waals surface area contributed by atoms with Crippen molar-refractivity contribution in [1.82, 2.24) is 4.90 Å². The third-order valence-corrected chi connectivity index (χ3v) is 3.67. The van der Waals surface area contributed by atoms with Gasteiger partial charge in [0, 0.05) is 6.54 Å². The molecule has 1 aliphatic heterocycles. The molecule has 13 heavy (non-hydrogen) atoms. The van der Waals surface area contributed by atoms with E-state index in [-0.39, 0.29) is 5.92 Å². The van der Waals surface area contributed by atoms with Crippen LogP contribution in [0.25, 0.3) is 0 Å². The fraction of sp³-hybridized carbons (Fsp3) is 0.900. The lowest BCUT2D eigenvalue weighted by atomic mass is 9.61. The highest BCUT2D eigenvalue weighted by Crippen LogP contribution is 2.51. The fourth-order valence-corrected chi connectivity index (χ4v) is 2.79. The van der Waals surface area contributed by atoms with Crippen molar-refractivity contribution in [2.45, 2.75) is 26.2 Å². The molecule has 0 unspecified atom stereocenters. The molecule has 1 aliphatic carbocycles. The predicted octanol–water partition coefficient (Wildman–Crippen LogP) is 1.19. The van der Waals surface area contributed by atoms with Gasteiger partial charge in [-0.2, -0.15) is 0 Å². The minimum atomic E-state index is -0.597. The van der Waals surface area contributed by atoms with Gasteiger partial charge in [-0.3, -0.25) is 4.79 Å². The minimum Gasteiger partial charge on any atom is -0.481 e. The van der Waals surface area contributed by atoms with Gasteiger partial charge in [-0.25, -0.2) is 0 Å². The third kappa shape index (κ3) is 1.46. The van der Waals surface area contributed by atoms with Crippen LogP contribution in [0.15, 0.2) is 0 Å². The summed E-state index contributed by atoms with van der Waals surface area (Å²) in [5.41, 5.74) is 0.388. The zero-order chi connectivity index (χ0) is 9.47. The average molecular weight is 183 g/mol. The van der Waals surface area contributed by atoms with E-state index in [9.17, 15) is 4.79 Å². The van der Waals surface area contributed by atoms with E-state index in [4.69, 9.17) is 5.11 Å². The van der Waals surface area contributed by atoms with Crippen molar-refractivity contribution in [2.75, 3.05) is 19.6 Å². The van der Waals surface area contributed by atoms with Crippen LogP contribution in [0.3, 0.4) is 0 Å². The van der Waals surface area contributed by atoms with Gasteiger partial charge < -0.3 is 10.0 Å². The van der Waals surface area contributed by atoms with Crippen molar-refractivity contribution >= 4 is 5.97 Å². The Morgan fingerprint density at radius 3 is 2.77 bits per heavy atom. The third-order valence-electron chi connectivity index (χ3n) is 3.67. The number of hydrogen-bond acceptors (Lipinski definition) is 2. The standard InChI is InChI=1S/C10H17NO2/c1-2-11-4-3-10(7-11)5-8(6-10)9(12)13/h8H,2-7H2,1H3,(H,12,13). The molecular weight excluding hydrogens is 166 g/mol. The summed E-state index contributed by atoms with van der Waals surface area (Å²) in [5.74, 6) is -0.641. The summed E-state index contributed by atoms with van der Waals surface area (Å²) in [4.78, 5) is 13.1. The van der Waals surface area contributed by atoms with Crippen molar-refractivity contribution in [1.29, 1.82) is 0 Å². The first kappa shape index (κ1) is 9.00. The molecule has 3 nitrogen and oxygen atoms in total. The molecule has 74 valence electrons. The molecule has 2 aliphatic rings. The number of carbonyl (C=O) groups is 1. The normalized spacial score (nSPS) is 39.3. The molecule has 0 bridgehead atoms. The van der Waals surface area contributed by atoms with Gasteiger partial charge in [0.2, 0.25) is 0 Å². The van der Waals surface area contributed by atoms with Gasteiger partial charge in [-0.1, -0.05) is 6.92 Å². The second-order valence-electron chi connectivity index (χ2n) is 4.56. The van der Waals surface area contributed by atoms with E-state index in [1.54, 1.807) is 0 Å². The molecule has 0 radical (unpaired) electrons. The van der Waals surface area contributed by atoms with Crippen LogP contribution in [-0.2, 0) is 4.79 Å². The van der Waals surface area contributed by atoms with Crippen LogP contribution in [0.2, 0.25) is 0 Å². The maximum Gasteiger partial charge on any atom is 0.306 e. The van der Waals surface area contributed by atoms with E-state index < -0.39 is 5.97 Å². The Bertz CT molecular complexity index is 221. The van der Waals surface area contributed by atoms with Crippen LogP contribution in [0, 0.1) is 11.3 Å². The highest BCUT2D eigenvalue weighted by molar-refractivity contribution is 5.71. The molecule has 0 atom stereocenters. The van der Waals surface area contributed by atoms with Crippen molar-refractivity contribution in [2.24, 2.45) is 11.3 Å². The van der Waals surface area contributed by atoms with Crippen molar-refractivity contribution in [3.05, 3.63) is 0 Å². The highest BCUT2D eigenvalue weighted by atomic mass is 16.4. The van der Waals surface area contributed by atoms with E-state index in [0.717, 1.165) is 25.9 Å². The van der Waals surface area contributed by atoms with Crippen molar-refractivity contribution in [3.8, 4) is 0 Å². The molecule has 0 aromatic carbocycles. The number of hydrogen-bond donors (Lipinski definition) is 1. The SMILES string of the molecule is CCN1CCC2(CC(C(=O)O)C2)C1. The molecule has 1 saturated carbocycles. The first-order chi connectivity index (χ1) is 6.15. The van der Waals surface area contributed by atoms with E-state index in [1.165, 1.54) is 13.0 Å². The van der Waals surface area contributed by atoms with E-state index in [0.29, 0.717) is 5.41 Å². The van der Waals surface area contributed by atoms with Gasteiger partial charge in [0.25, 0.3) is 0 Å². The molecule has 1 heterocycles. The van der Waals surface area contributed by atoms with Crippen LogP contribution in [-0.4, -0.2) is 35.6 Å². The highest BCUT2D eigenvalue weighted by Gasteiger charge is 2.50. The van der Waals surface area contributed by atoms with E-state index in [1.807, 2.05) is 0 Å². The smallest absolute Gasteiger partial charge is 0.306 e. The Balaban J connectivity index is 1.87. The summed E-state index contributed by atoms with van der Waals surface area (Å²) in [5, 5.41) is 8.79. The Labute approximate surface area is 78.7 Å². The maximum atomic E-state index is 10.7. The average Bonchev–Trinajstić information content (AvgIpc) is 2.44. The number of rotatable bonds is 2. The monoisotopic (exact) mass is 183 g/mol. The Morgan fingerprint density at radius 2 is 2.31 bits per heavy atom. The van der Waals surface area contributed by atoms with Gasteiger partial charge in [-0.05, 0) is 37.8 Å². The lowest BCUT2D eigenvalue weighted by Gasteiger charge is -2.43. The molecule has 1 spiro atoms. The van der Waals surface area contributed by atoms with E-state index in [2.05, 4.69) is 11.8 Å². The molecule has 2 rings (SSSR count). The number of likely N-dealkylation sites (tertiary alicyclic amines) is 1. The van der Waals surface area contributed by atoms with Gasteiger partial charge >= 0.3 is 5.97 Å². The molecule has 0 aromatic rings. The van der Waals surface area contributed by atoms with Crippen LogP contribution < -0.4 is 0 Å². The lowest BCUT2D eigenvalue weighted by molar-refractivity contribution is -0.149. The zero-order valence-corrected chi connectivity index (χ0v) is 8.12. The van der Waals surface area contributed by atoms with E-state index >= 15 is 0 Å². The fourth-order valence-electron chi connectivity index (χ4n) is 2.79. The molecule has 1 saturated heterocycles. The Hall–Kier alpha value is -0.570. The summed E-state index contributed by atoms with van der Waals surface area (Å²) in [6.07, 6.45) is 3.04. The zero-order valence-electron chi connectivity index (χ0n) is 8.12. The van der Waals surface area contributed by atoms with Crippen molar-refractivity contribution < 1.29 is 9.90 Å². The molecule has 2 fully saturated rings. The number of nitrogens with zero attached hydrogens (tertiary/aromatic N) is 1. The lowest BCUT2D eigenvalue weighted by Crippen LogP contribution is -2.43. The predicted molar refractivity (Wildman–Crippen MR) is 49.5 cm³/mol. The van der Waals surface area contributed by atoms with Crippen LogP contribution in [0.4, 0.5) is 0 Å². The van der Waals surface area contributed by atoms with Crippen LogP contribution >= 0.6 is 0 Å². The molecular formula is C10H17NO2. The molecule has 0 amide bonds.